The molecule has 0 saturated carbocycles. The van der Waals surface area contributed by atoms with E-state index in [0.29, 0.717) is 23.2 Å². The number of hydrogen-bond donors (Lipinski definition) is 1. The van der Waals surface area contributed by atoms with Crippen LogP contribution in [0, 0.1) is 0 Å². The zero-order chi connectivity index (χ0) is 9.42. The average molecular weight is 244 g/mol. The Hall–Kier alpha value is -1.10. The van der Waals surface area contributed by atoms with Gasteiger partial charge >= 0.3 is 0 Å². The molecule has 1 aliphatic rings. The highest BCUT2D eigenvalue weighted by molar-refractivity contribution is 9.10. The molecule has 1 aliphatic heterocycles. The second-order valence-corrected chi connectivity index (χ2v) is 3.50. The first-order valence-electron chi connectivity index (χ1n) is 3.79. The molecule has 2 rings (SSSR count). The molecule has 0 bridgehead atoms. The van der Waals surface area contributed by atoms with Crippen LogP contribution in [0.4, 0.5) is 0 Å². The molecule has 0 unspecified atom stereocenters. The monoisotopic (exact) mass is 243 g/mol. The first kappa shape index (κ1) is 8.50. The van der Waals surface area contributed by atoms with Gasteiger partial charge in [-0.15, -0.1) is 0 Å². The van der Waals surface area contributed by atoms with Gasteiger partial charge in [-0.3, -0.25) is 9.59 Å². The minimum atomic E-state index is -0.254. The summed E-state index contributed by atoms with van der Waals surface area (Å²) in [6.45, 7) is 0.374. The molecule has 2 heterocycles. The molecule has 13 heavy (non-hydrogen) atoms. The van der Waals surface area contributed by atoms with Crippen LogP contribution < -0.4 is 5.32 Å². The standard InChI is InChI=1S/C8H6BrNO3/c9-6-3-4-7(13-6)5(11)1-2-10-8(4)12/h3H,1-2H2,(H,10,12). The highest BCUT2D eigenvalue weighted by Gasteiger charge is 2.25. The zero-order valence-corrected chi connectivity index (χ0v) is 8.18. The summed E-state index contributed by atoms with van der Waals surface area (Å²) in [4.78, 5) is 22.7. The second-order valence-electron chi connectivity index (χ2n) is 2.72. The number of carbonyl (C=O) groups excluding carboxylic acids is 2. The molecule has 1 aromatic heterocycles. The van der Waals surface area contributed by atoms with Crippen LogP contribution in [0.2, 0.25) is 0 Å². The van der Waals surface area contributed by atoms with E-state index in [1.54, 1.807) is 0 Å². The van der Waals surface area contributed by atoms with Gasteiger partial charge in [-0.1, -0.05) is 0 Å². The molecule has 68 valence electrons. The van der Waals surface area contributed by atoms with Crippen LogP contribution in [0.1, 0.15) is 27.3 Å². The second kappa shape index (κ2) is 2.99. The number of rotatable bonds is 0. The van der Waals surface area contributed by atoms with Crippen LogP contribution in [0.25, 0.3) is 0 Å². The lowest BCUT2D eigenvalue weighted by Crippen LogP contribution is -2.22. The molecule has 0 fully saturated rings. The quantitative estimate of drug-likeness (QED) is 0.749. The van der Waals surface area contributed by atoms with Gasteiger partial charge in [-0.2, -0.15) is 0 Å². The van der Waals surface area contributed by atoms with E-state index in [9.17, 15) is 9.59 Å². The molecule has 0 saturated heterocycles. The summed E-state index contributed by atoms with van der Waals surface area (Å²) in [7, 11) is 0. The largest absolute Gasteiger partial charge is 0.445 e. The first-order valence-corrected chi connectivity index (χ1v) is 4.58. The van der Waals surface area contributed by atoms with Crippen LogP contribution in [-0.2, 0) is 0 Å². The van der Waals surface area contributed by atoms with Crippen molar-refractivity contribution in [1.29, 1.82) is 0 Å². The van der Waals surface area contributed by atoms with E-state index in [2.05, 4.69) is 21.2 Å². The van der Waals surface area contributed by atoms with E-state index in [0.717, 1.165) is 0 Å². The highest BCUT2D eigenvalue weighted by Crippen LogP contribution is 2.22. The predicted molar refractivity (Wildman–Crippen MR) is 47.7 cm³/mol. The fourth-order valence-corrected chi connectivity index (χ4v) is 1.63. The Kier molecular flexibility index (Phi) is 1.95. The number of carbonyl (C=O) groups is 2. The molecule has 0 atom stereocenters. The molecule has 0 aliphatic carbocycles. The van der Waals surface area contributed by atoms with Gasteiger partial charge in [0.1, 0.15) is 0 Å². The maximum Gasteiger partial charge on any atom is 0.255 e. The van der Waals surface area contributed by atoms with E-state index < -0.39 is 0 Å². The fourth-order valence-electron chi connectivity index (χ4n) is 1.24. The smallest absolute Gasteiger partial charge is 0.255 e. The van der Waals surface area contributed by atoms with E-state index in [1.807, 2.05) is 0 Å². The van der Waals surface area contributed by atoms with Gasteiger partial charge in [-0.25, -0.2) is 0 Å². The highest BCUT2D eigenvalue weighted by atomic mass is 79.9. The number of furan rings is 1. The molecular formula is C8H6BrNO3. The average Bonchev–Trinajstić information content (AvgIpc) is 2.41. The van der Waals surface area contributed by atoms with Crippen LogP contribution >= 0.6 is 15.9 Å². The Morgan fingerprint density at radius 3 is 3.00 bits per heavy atom. The third-order valence-electron chi connectivity index (χ3n) is 1.84. The number of fused-ring (bicyclic) bond motifs is 1. The topological polar surface area (TPSA) is 59.3 Å². The number of Topliss-reactive ketones (excluding diaryl/α,β-unsaturated/α-hetero) is 1. The lowest BCUT2D eigenvalue weighted by molar-refractivity contribution is 0.0952. The van der Waals surface area contributed by atoms with Crippen LogP contribution in [-0.4, -0.2) is 18.2 Å². The number of hydrogen-bond acceptors (Lipinski definition) is 3. The lowest BCUT2D eigenvalue weighted by Gasteiger charge is -1.94. The molecule has 0 aromatic carbocycles. The number of nitrogens with one attached hydrogen (secondary N) is 1. The number of amides is 1. The Balaban J connectivity index is 2.56. The summed E-state index contributed by atoms with van der Waals surface area (Å²) in [5.74, 6) is -0.240. The van der Waals surface area contributed by atoms with Gasteiger partial charge in [0, 0.05) is 19.0 Å². The molecule has 0 spiro atoms. The van der Waals surface area contributed by atoms with Crippen molar-refractivity contribution < 1.29 is 14.0 Å². The summed E-state index contributed by atoms with van der Waals surface area (Å²) in [6.07, 6.45) is 0.290. The van der Waals surface area contributed by atoms with Gasteiger partial charge < -0.3 is 9.73 Å². The third kappa shape index (κ3) is 1.39. The van der Waals surface area contributed by atoms with Crippen LogP contribution in [0.15, 0.2) is 15.2 Å². The summed E-state index contributed by atoms with van der Waals surface area (Å²) in [6, 6.07) is 1.51. The minimum absolute atomic E-state index is 0.140. The lowest BCUT2D eigenvalue weighted by atomic mass is 10.2. The molecule has 1 amide bonds. The van der Waals surface area contributed by atoms with Gasteiger partial charge in [0.05, 0.1) is 5.56 Å². The van der Waals surface area contributed by atoms with Crippen molar-refractivity contribution in [1.82, 2.24) is 5.32 Å². The van der Waals surface area contributed by atoms with Crippen molar-refractivity contribution in [2.24, 2.45) is 0 Å². The van der Waals surface area contributed by atoms with Gasteiger partial charge in [0.25, 0.3) is 5.91 Å². The van der Waals surface area contributed by atoms with Crippen molar-refractivity contribution in [2.75, 3.05) is 6.54 Å². The minimum Gasteiger partial charge on any atom is -0.445 e. The van der Waals surface area contributed by atoms with E-state index in [4.69, 9.17) is 4.42 Å². The van der Waals surface area contributed by atoms with Crippen molar-refractivity contribution in [3.8, 4) is 0 Å². The molecule has 5 heteroatoms. The maximum atomic E-state index is 11.4. The Bertz CT molecular complexity index is 349. The summed E-state index contributed by atoms with van der Waals surface area (Å²) < 4.78 is 5.48. The van der Waals surface area contributed by atoms with E-state index in [1.165, 1.54) is 6.07 Å². The van der Waals surface area contributed by atoms with E-state index in [-0.39, 0.29) is 17.5 Å². The van der Waals surface area contributed by atoms with Crippen molar-refractivity contribution in [3.63, 3.8) is 0 Å². The molecule has 1 N–H and O–H groups in total. The van der Waals surface area contributed by atoms with Gasteiger partial charge in [-0.05, 0) is 15.9 Å². The molecule has 0 radical (unpaired) electrons. The molecule has 4 nitrogen and oxygen atoms in total. The SMILES string of the molecule is O=C1NCCC(=O)c2oc(Br)cc21. The third-order valence-corrected chi connectivity index (χ3v) is 2.23. The van der Waals surface area contributed by atoms with Gasteiger partial charge in [0.15, 0.2) is 10.4 Å². The molecular weight excluding hydrogens is 238 g/mol. The first-order chi connectivity index (χ1) is 6.18. The summed E-state index contributed by atoms with van der Waals surface area (Å²) in [5, 5.41) is 2.60. The predicted octanol–water partition coefficient (Wildman–Crippen LogP) is 1.36. The summed E-state index contributed by atoms with van der Waals surface area (Å²) >= 11 is 3.07. The fraction of sp³-hybridized carbons (Fsp3) is 0.250. The van der Waals surface area contributed by atoms with Crippen molar-refractivity contribution >= 4 is 27.6 Å². The van der Waals surface area contributed by atoms with E-state index >= 15 is 0 Å². The van der Waals surface area contributed by atoms with Crippen LogP contribution in [0.3, 0.4) is 0 Å². The van der Waals surface area contributed by atoms with Gasteiger partial charge in [0.2, 0.25) is 5.78 Å². The maximum absolute atomic E-state index is 11.4. The Morgan fingerprint density at radius 2 is 2.23 bits per heavy atom. The molecule has 1 aromatic rings. The van der Waals surface area contributed by atoms with Crippen LogP contribution in [0.5, 0.6) is 0 Å². The zero-order valence-electron chi connectivity index (χ0n) is 6.59. The normalized spacial score (nSPS) is 16.4. The Morgan fingerprint density at radius 1 is 1.46 bits per heavy atom. The summed E-state index contributed by atoms with van der Waals surface area (Å²) in [5.41, 5.74) is 0.314. The number of ketones is 1. The van der Waals surface area contributed by atoms with Crippen molar-refractivity contribution in [2.45, 2.75) is 6.42 Å². The Labute approximate surface area is 82.4 Å². The number of halogens is 1. The van der Waals surface area contributed by atoms with Crippen molar-refractivity contribution in [3.05, 3.63) is 22.1 Å².